The van der Waals surface area contributed by atoms with E-state index in [1.165, 1.54) is 16.4 Å². The van der Waals surface area contributed by atoms with Crippen LogP contribution in [0.25, 0.3) is 0 Å². The van der Waals surface area contributed by atoms with Crippen molar-refractivity contribution in [1.29, 1.82) is 0 Å². The molecule has 1 amide bonds. The van der Waals surface area contributed by atoms with E-state index < -0.39 is 0 Å². The summed E-state index contributed by atoms with van der Waals surface area (Å²) in [6.07, 6.45) is 4.32. The second kappa shape index (κ2) is 8.56. The summed E-state index contributed by atoms with van der Waals surface area (Å²) in [5.41, 5.74) is 4.56. The van der Waals surface area contributed by atoms with Crippen LogP contribution in [0.15, 0.2) is 34.5 Å². The summed E-state index contributed by atoms with van der Waals surface area (Å²) in [6.45, 7) is 0. The lowest BCUT2D eigenvalue weighted by atomic mass is 10.3. The molecule has 0 aliphatic heterocycles. The van der Waals surface area contributed by atoms with Gasteiger partial charge in [0.2, 0.25) is 11.1 Å². The molecule has 3 rings (SSSR count). The minimum absolute atomic E-state index is 0.141. The molecule has 1 fully saturated rings. The Morgan fingerprint density at radius 1 is 1.35 bits per heavy atom. The minimum atomic E-state index is -0.191. The van der Waals surface area contributed by atoms with Gasteiger partial charge in [-0.2, -0.15) is 5.10 Å². The molecule has 0 spiro atoms. The standard InChI is InChI=1S/C16H21N7O2S/c1-25-13-9-5-4-8-12(13)18-14(24)10-26-16-22-21-15(23(16)17)20-19-11-6-2-3-7-11/h4-5,8-9H,2-3,6-7,10,17H2,1H3,(H,18,24)(H,20,21). The molecule has 0 saturated heterocycles. The Hall–Kier alpha value is -2.75. The van der Waals surface area contributed by atoms with Gasteiger partial charge in [-0.05, 0) is 37.8 Å². The normalized spacial score (nSPS) is 13.5. The summed E-state index contributed by atoms with van der Waals surface area (Å²) in [5.74, 6) is 6.86. The Balaban J connectivity index is 1.54. The predicted molar refractivity (Wildman–Crippen MR) is 102 cm³/mol. The van der Waals surface area contributed by atoms with Crippen LogP contribution in [0.1, 0.15) is 25.7 Å². The van der Waals surface area contributed by atoms with E-state index >= 15 is 0 Å². The third-order valence-corrected chi connectivity index (χ3v) is 4.82. The van der Waals surface area contributed by atoms with Crippen molar-refractivity contribution in [3.8, 4) is 5.75 Å². The van der Waals surface area contributed by atoms with E-state index in [9.17, 15) is 4.79 Å². The quantitative estimate of drug-likeness (QED) is 0.385. The number of hydrogen-bond acceptors (Lipinski definition) is 8. The van der Waals surface area contributed by atoms with Crippen LogP contribution >= 0.6 is 11.8 Å². The number of methoxy groups -OCH3 is 1. The van der Waals surface area contributed by atoms with E-state index in [0.29, 0.717) is 22.5 Å². The number of nitrogens with two attached hydrogens (primary N) is 1. The van der Waals surface area contributed by atoms with Crippen LogP contribution in [0.2, 0.25) is 0 Å². The Labute approximate surface area is 155 Å². The van der Waals surface area contributed by atoms with Crippen LogP contribution in [0.4, 0.5) is 11.6 Å². The number of para-hydroxylation sites is 2. The second-order valence-electron chi connectivity index (χ2n) is 5.71. The molecule has 1 heterocycles. The van der Waals surface area contributed by atoms with Crippen LogP contribution in [-0.4, -0.2) is 39.4 Å². The SMILES string of the molecule is COc1ccccc1NC(=O)CSc1nnc(NN=C2CCCC2)n1N. The number of hydrazone groups is 1. The number of nitrogens with zero attached hydrogens (tertiary/aromatic N) is 4. The number of carbonyl (C=O) groups excluding carboxylic acids is 1. The number of carbonyl (C=O) groups is 1. The molecule has 1 aromatic heterocycles. The van der Waals surface area contributed by atoms with Gasteiger partial charge in [-0.3, -0.25) is 4.79 Å². The fourth-order valence-electron chi connectivity index (χ4n) is 2.54. The zero-order valence-electron chi connectivity index (χ0n) is 14.4. The molecular weight excluding hydrogens is 354 g/mol. The minimum Gasteiger partial charge on any atom is -0.495 e. The Bertz CT molecular complexity index is 798. The molecule has 4 N–H and O–H groups in total. The van der Waals surface area contributed by atoms with E-state index in [0.717, 1.165) is 31.4 Å². The smallest absolute Gasteiger partial charge is 0.264 e. The number of ether oxygens (including phenoxy) is 1. The van der Waals surface area contributed by atoms with Gasteiger partial charge in [-0.15, -0.1) is 10.2 Å². The molecule has 2 aromatic rings. The van der Waals surface area contributed by atoms with Gasteiger partial charge >= 0.3 is 0 Å². The zero-order chi connectivity index (χ0) is 18.4. The predicted octanol–water partition coefficient (Wildman–Crippen LogP) is 2.07. The van der Waals surface area contributed by atoms with Crippen LogP contribution in [0, 0.1) is 0 Å². The molecular formula is C16H21N7O2S. The van der Waals surface area contributed by atoms with Gasteiger partial charge in [0.05, 0.1) is 18.6 Å². The maximum atomic E-state index is 12.1. The van der Waals surface area contributed by atoms with Gasteiger partial charge in [-0.1, -0.05) is 23.9 Å². The molecule has 0 radical (unpaired) electrons. The maximum Gasteiger partial charge on any atom is 0.264 e. The Morgan fingerprint density at radius 2 is 2.12 bits per heavy atom. The van der Waals surface area contributed by atoms with Crippen molar-refractivity contribution in [1.82, 2.24) is 14.9 Å². The fraction of sp³-hybridized carbons (Fsp3) is 0.375. The summed E-state index contributed by atoms with van der Waals surface area (Å²) >= 11 is 1.19. The first kappa shape index (κ1) is 18.1. The highest BCUT2D eigenvalue weighted by atomic mass is 32.2. The molecule has 0 bridgehead atoms. The van der Waals surface area contributed by atoms with Crippen molar-refractivity contribution in [2.45, 2.75) is 30.8 Å². The first-order valence-electron chi connectivity index (χ1n) is 8.25. The Kier molecular flexibility index (Phi) is 5.95. The number of thioether (sulfide) groups is 1. The topological polar surface area (TPSA) is 119 Å². The van der Waals surface area contributed by atoms with Gasteiger partial charge in [-0.25, -0.2) is 10.1 Å². The number of rotatable bonds is 7. The van der Waals surface area contributed by atoms with Gasteiger partial charge in [0, 0.05) is 5.71 Å². The largest absolute Gasteiger partial charge is 0.495 e. The molecule has 10 heteroatoms. The summed E-state index contributed by atoms with van der Waals surface area (Å²) < 4.78 is 6.50. The molecule has 0 unspecified atom stereocenters. The molecule has 0 atom stereocenters. The highest BCUT2D eigenvalue weighted by Gasteiger charge is 2.14. The fourth-order valence-corrected chi connectivity index (χ4v) is 3.20. The number of hydrogen-bond donors (Lipinski definition) is 3. The highest BCUT2D eigenvalue weighted by Crippen LogP contribution is 2.24. The number of nitrogen functional groups attached to an aromatic ring is 1. The second-order valence-corrected chi connectivity index (χ2v) is 6.65. The third-order valence-electron chi connectivity index (χ3n) is 3.87. The van der Waals surface area contributed by atoms with E-state index in [1.807, 2.05) is 12.1 Å². The lowest BCUT2D eigenvalue weighted by Gasteiger charge is -2.09. The lowest BCUT2D eigenvalue weighted by Crippen LogP contribution is -2.17. The summed E-state index contributed by atoms with van der Waals surface area (Å²) in [5, 5.41) is 15.5. The molecule has 1 aliphatic carbocycles. The van der Waals surface area contributed by atoms with Crippen molar-refractivity contribution in [3.63, 3.8) is 0 Å². The number of benzene rings is 1. The average Bonchev–Trinajstić information content (AvgIpc) is 3.29. The molecule has 1 saturated carbocycles. The van der Waals surface area contributed by atoms with Gasteiger partial charge in [0.25, 0.3) is 5.95 Å². The van der Waals surface area contributed by atoms with Crippen molar-refractivity contribution >= 4 is 35.0 Å². The molecule has 1 aliphatic rings. The average molecular weight is 375 g/mol. The molecule has 1 aromatic carbocycles. The van der Waals surface area contributed by atoms with Crippen LogP contribution in [0.3, 0.4) is 0 Å². The van der Waals surface area contributed by atoms with Crippen molar-refractivity contribution in [2.75, 3.05) is 29.4 Å². The van der Waals surface area contributed by atoms with E-state index in [4.69, 9.17) is 10.6 Å². The third kappa shape index (κ3) is 4.45. The van der Waals surface area contributed by atoms with E-state index in [-0.39, 0.29) is 11.7 Å². The van der Waals surface area contributed by atoms with Gasteiger partial charge < -0.3 is 15.9 Å². The zero-order valence-corrected chi connectivity index (χ0v) is 15.3. The number of amides is 1. The van der Waals surface area contributed by atoms with Crippen LogP contribution < -0.4 is 21.3 Å². The van der Waals surface area contributed by atoms with E-state index in [2.05, 4.69) is 26.0 Å². The maximum absolute atomic E-state index is 12.1. The number of anilines is 2. The molecule has 9 nitrogen and oxygen atoms in total. The van der Waals surface area contributed by atoms with E-state index in [1.54, 1.807) is 19.2 Å². The van der Waals surface area contributed by atoms with Gasteiger partial charge in [0.1, 0.15) is 5.75 Å². The van der Waals surface area contributed by atoms with Crippen LogP contribution in [-0.2, 0) is 4.79 Å². The first-order chi connectivity index (χ1) is 12.7. The monoisotopic (exact) mass is 375 g/mol. The lowest BCUT2D eigenvalue weighted by molar-refractivity contribution is -0.113. The number of aromatic nitrogens is 3. The first-order valence-corrected chi connectivity index (χ1v) is 9.23. The molecule has 138 valence electrons. The van der Waals surface area contributed by atoms with Gasteiger partial charge in [0.15, 0.2) is 0 Å². The summed E-state index contributed by atoms with van der Waals surface area (Å²) in [6, 6.07) is 7.22. The summed E-state index contributed by atoms with van der Waals surface area (Å²) in [4.78, 5) is 12.1. The van der Waals surface area contributed by atoms with Crippen molar-refractivity contribution in [3.05, 3.63) is 24.3 Å². The van der Waals surface area contributed by atoms with Crippen LogP contribution in [0.5, 0.6) is 5.75 Å². The molecule has 26 heavy (non-hydrogen) atoms. The Morgan fingerprint density at radius 3 is 2.88 bits per heavy atom. The summed E-state index contributed by atoms with van der Waals surface area (Å²) in [7, 11) is 1.56. The highest BCUT2D eigenvalue weighted by molar-refractivity contribution is 7.99. The number of nitrogens with one attached hydrogen (secondary N) is 2. The van der Waals surface area contributed by atoms with Crippen molar-refractivity contribution < 1.29 is 9.53 Å². The van der Waals surface area contributed by atoms with Crippen molar-refractivity contribution in [2.24, 2.45) is 5.10 Å².